The Morgan fingerprint density at radius 2 is 1.37 bits per heavy atom. The van der Waals surface area contributed by atoms with Crippen molar-refractivity contribution in [1.82, 2.24) is 4.90 Å². The topological polar surface area (TPSA) is 29.5 Å². The highest BCUT2D eigenvalue weighted by atomic mass is 16.5. The minimum atomic E-state index is -0.0512. The van der Waals surface area contributed by atoms with E-state index in [9.17, 15) is 4.79 Å². The zero-order valence-electron chi connectivity index (χ0n) is 21.4. The average molecular weight is 470 g/mol. The molecule has 0 saturated carbocycles. The third-order valence-corrected chi connectivity index (χ3v) is 7.17. The first-order valence-corrected chi connectivity index (χ1v) is 13.0. The van der Waals surface area contributed by atoms with Crippen LogP contribution in [-0.4, -0.2) is 30.4 Å². The zero-order valence-corrected chi connectivity index (χ0v) is 21.4. The number of carbonyl (C=O) groups excluding carboxylic acids is 1. The number of ether oxygens (including phenoxy) is 1. The Balaban J connectivity index is 1.44. The molecule has 0 aliphatic carbocycles. The third-order valence-electron chi connectivity index (χ3n) is 7.17. The maximum Gasteiger partial charge on any atom is 0.120 e. The molecule has 3 heteroatoms. The van der Waals surface area contributed by atoms with Gasteiger partial charge in [-0.2, -0.15) is 0 Å². The fourth-order valence-electron chi connectivity index (χ4n) is 5.11. The lowest BCUT2D eigenvalue weighted by atomic mass is 9.85. The molecule has 0 amide bonds. The van der Waals surface area contributed by atoms with E-state index in [2.05, 4.69) is 111 Å². The number of aldehydes is 1. The first-order chi connectivity index (χ1) is 17.0. The van der Waals surface area contributed by atoms with Crippen LogP contribution in [0.5, 0.6) is 0 Å². The molecule has 3 aromatic rings. The summed E-state index contributed by atoms with van der Waals surface area (Å²) in [5.74, 6) is 0. The summed E-state index contributed by atoms with van der Waals surface area (Å²) in [6.45, 7) is 8.69. The van der Waals surface area contributed by atoms with Gasteiger partial charge in [-0.3, -0.25) is 4.90 Å². The van der Waals surface area contributed by atoms with E-state index in [1.54, 1.807) is 0 Å². The SMILES string of the molecule is CC(C)(C)c1ccc(C(CCC=O)N2CCC(OC(c3ccccc3)c3ccccc3)CC2)cc1. The Bertz CT molecular complexity index is 993. The first kappa shape index (κ1) is 25.3. The van der Waals surface area contributed by atoms with Crippen molar-refractivity contribution in [3.63, 3.8) is 0 Å². The van der Waals surface area contributed by atoms with Gasteiger partial charge >= 0.3 is 0 Å². The van der Waals surface area contributed by atoms with Gasteiger partial charge < -0.3 is 9.53 Å². The molecule has 3 nitrogen and oxygen atoms in total. The van der Waals surface area contributed by atoms with E-state index in [0.29, 0.717) is 6.42 Å². The largest absolute Gasteiger partial charge is 0.365 e. The van der Waals surface area contributed by atoms with Crippen molar-refractivity contribution in [2.75, 3.05) is 13.1 Å². The summed E-state index contributed by atoms with van der Waals surface area (Å²) in [6.07, 6.45) is 4.65. The highest BCUT2D eigenvalue weighted by molar-refractivity contribution is 5.49. The molecule has 0 spiro atoms. The van der Waals surface area contributed by atoms with Crippen molar-refractivity contribution in [2.24, 2.45) is 0 Å². The van der Waals surface area contributed by atoms with Crippen LogP contribution in [0.25, 0.3) is 0 Å². The van der Waals surface area contributed by atoms with E-state index in [4.69, 9.17) is 4.74 Å². The van der Waals surface area contributed by atoms with Gasteiger partial charge in [0.1, 0.15) is 12.4 Å². The molecule has 1 unspecified atom stereocenters. The maximum absolute atomic E-state index is 11.2. The number of hydrogen-bond donors (Lipinski definition) is 0. The Morgan fingerprint density at radius 1 is 0.829 bits per heavy atom. The molecule has 0 N–H and O–H groups in total. The summed E-state index contributed by atoms with van der Waals surface area (Å²) < 4.78 is 6.75. The van der Waals surface area contributed by atoms with Gasteiger partial charge in [-0.05, 0) is 46.9 Å². The smallest absolute Gasteiger partial charge is 0.120 e. The van der Waals surface area contributed by atoms with Crippen molar-refractivity contribution in [2.45, 2.75) is 70.1 Å². The molecular weight excluding hydrogens is 430 g/mol. The van der Waals surface area contributed by atoms with E-state index >= 15 is 0 Å². The monoisotopic (exact) mass is 469 g/mol. The summed E-state index contributed by atoms with van der Waals surface area (Å²) in [7, 11) is 0. The van der Waals surface area contributed by atoms with Gasteiger partial charge in [0.2, 0.25) is 0 Å². The van der Waals surface area contributed by atoms with Gasteiger partial charge in [-0.25, -0.2) is 0 Å². The Hall–Kier alpha value is -2.75. The predicted molar refractivity (Wildman–Crippen MR) is 144 cm³/mol. The summed E-state index contributed by atoms with van der Waals surface area (Å²) >= 11 is 0. The molecule has 3 aromatic carbocycles. The molecule has 0 bridgehead atoms. The minimum Gasteiger partial charge on any atom is -0.365 e. The lowest BCUT2D eigenvalue weighted by molar-refractivity contribution is -0.108. The van der Waals surface area contributed by atoms with E-state index in [0.717, 1.165) is 38.6 Å². The van der Waals surface area contributed by atoms with Crippen LogP contribution in [0.3, 0.4) is 0 Å². The van der Waals surface area contributed by atoms with Crippen LogP contribution in [0.15, 0.2) is 84.9 Å². The second-order valence-corrected chi connectivity index (χ2v) is 10.7. The second kappa shape index (κ2) is 11.8. The molecule has 0 radical (unpaired) electrons. The highest BCUT2D eigenvalue weighted by Gasteiger charge is 2.29. The van der Waals surface area contributed by atoms with Crippen molar-refractivity contribution < 1.29 is 9.53 Å². The molecule has 1 heterocycles. The first-order valence-electron chi connectivity index (χ1n) is 13.0. The molecule has 184 valence electrons. The minimum absolute atomic E-state index is 0.0512. The molecule has 35 heavy (non-hydrogen) atoms. The van der Waals surface area contributed by atoms with E-state index in [-0.39, 0.29) is 23.7 Å². The van der Waals surface area contributed by atoms with Crippen LogP contribution in [-0.2, 0) is 14.9 Å². The normalized spacial score (nSPS) is 16.3. The van der Waals surface area contributed by atoms with Gasteiger partial charge in [-0.1, -0.05) is 106 Å². The molecule has 1 atom stereocenters. The van der Waals surface area contributed by atoms with E-state index < -0.39 is 0 Å². The van der Waals surface area contributed by atoms with Gasteiger partial charge in [0.05, 0.1) is 6.10 Å². The van der Waals surface area contributed by atoms with Gasteiger partial charge in [-0.15, -0.1) is 0 Å². The van der Waals surface area contributed by atoms with Gasteiger partial charge in [0.25, 0.3) is 0 Å². The second-order valence-electron chi connectivity index (χ2n) is 10.7. The van der Waals surface area contributed by atoms with Crippen molar-refractivity contribution >= 4 is 6.29 Å². The van der Waals surface area contributed by atoms with E-state index in [1.807, 2.05) is 0 Å². The van der Waals surface area contributed by atoms with Crippen LogP contribution < -0.4 is 0 Å². The summed E-state index contributed by atoms with van der Waals surface area (Å²) in [5, 5.41) is 0. The Morgan fingerprint density at radius 3 is 1.86 bits per heavy atom. The standard InChI is InChI=1S/C32H39NO2/c1-32(2,3)28-18-16-25(17-19-28)30(15-10-24-34)33-22-20-29(21-23-33)35-31(26-11-6-4-7-12-26)27-13-8-5-9-14-27/h4-9,11-14,16-19,24,29-31H,10,15,20-23H2,1-3H3. The third kappa shape index (κ3) is 6.68. The van der Waals surface area contributed by atoms with Gasteiger partial charge in [0, 0.05) is 25.6 Å². The summed E-state index contributed by atoms with van der Waals surface area (Å²) in [5.41, 5.74) is 5.19. The molecule has 1 aliphatic rings. The molecule has 1 aliphatic heterocycles. The fraction of sp³-hybridized carbons (Fsp3) is 0.406. The van der Waals surface area contributed by atoms with Crippen LogP contribution >= 0.6 is 0 Å². The van der Waals surface area contributed by atoms with Crippen LogP contribution in [0.2, 0.25) is 0 Å². The molecule has 1 saturated heterocycles. The number of rotatable bonds is 9. The Labute approximate surface area is 211 Å². The lowest BCUT2D eigenvalue weighted by Gasteiger charge is -2.39. The average Bonchev–Trinajstić information content (AvgIpc) is 2.89. The number of carbonyl (C=O) groups is 1. The number of hydrogen-bond acceptors (Lipinski definition) is 3. The zero-order chi connectivity index (χ0) is 24.7. The van der Waals surface area contributed by atoms with Crippen LogP contribution in [0.4, 0.5) is 0 Å². The highest BCUT2D eigenvalue weighted by Crippen LogP contribution is 2.34. The number of piperidine rings is 1. The summed E-state index contributed by atoms with van der Waals surface area (Å²) in [4.78, 5) is 13.8. The predicted octanol–water partition coefficient (Wildman–Crippen LogP) is 7.27. The van der Waals surface area contributed by atoms with Crippen LogP contribution in [0, 0.1) is 0 Å². The van der Waals surface area contributed by atoms with Crippen molar-refractivity contribution in [1.29, 1.82) is 0 Å². The van der Waals surface area contributed by atoms with Gasteiger partial charge in [0.15, 0.2) is 0 Å². The van der Waals surface area contributed by atoms with Crippen LogP contribution in [0.1, 0.15) is 80.9 Å². The maximum atomic E-state index is 11.2. The fourth-order valence-corrected chi connectivity index (χ4v) is 5.11. The molecular formula is C32H39NO2. The van der Waals surface area contributed by atoms with Crippen molar-refractivity contribution in [3.8, 4) is 0 Å². The molecule has 4 rings (SSSR count). The van der Waals surface area contributed by atoms with E-state index in [1.165, 1.54) is 22.3 Å². The quantitative estimate of drug-likeness (QED) is 0.309. The molecule has 1 fully saturated rings. The summed E-state index contributed by atoms with van der Waals surface area (Å²) in [6, 6.07) is 30.4. The lowest BCUT2D eigenvalue weighted by Crippen LogP contribution is -2.40. The number of nitrogens with zero attached hydrogens (tertiary/aromatic N) is 1. The van der Waals surface area contributed by atoms with Crippen molar-refractivity contribution in [3.05, 3.63) is 107 Å². The number of likely N-dealkylation sites (tertiary alicyclic amines) is 1. The Kier molecular flexibility index (Phi) is 8.54. The molecule has 0 aromatic heterocycles. The number of benzene rings is 3.